The van der Waals surface area contributed by atoms with Gasteiger partial charge in [-0.25, -0.2) is 0 Å². The van der Waals surface area contributed by atoms with Crippen molar-refractivity contribution in [1.29, 1.82) is 0 Å². The molecule has 2 atom stereocenters. The average molecular weight is 280 g/mol. The molecule has 0 aliphatic rings. The maximum absolute atomic E-state index is 11.5. The number of hydrogen-bond acceptors (Lipinski definition) is 4. The topological polar surface area (TPSA) is 61.8 Å². The predicted octanol–water partition coefficient (Wildman–Crippen LogP) is 1.18. The Balaban J connectivity index is 2.63. The van der Waals surface area contributed by atoms with Crippen LogP contribution in [-0.2, 0) is 4.79 Å². The maximum Gasteiger partial charge on any atom is 0.259 e. The van der Waals surface area contributed by atoms with E-state index >= 15 is 0 Å². The summed E-state index contributed by atoms with van der Waals surface area (Å²) < 4.78 is 5.48. The molecule has 20 heavy (non-hydrogen) atoms. The first kappa shape index (κ1) is 16.5. The molecule has 0 spiro atoms. The fraction of sp³-hybridized carbons (Fsp3) is 0.533. The molecule has 0 radical (unpaired) electrons. The second kappa shape index (κ2) is 7.87. The lowest BCUT2D eigenvalue weighted by molar-refractivity contribution is -0.130. The van der Waals surface area contributed by atoms with Gasteiger partial charge in [0.05, 0.1) is 6.61 Å². The molecular weight excluding hydrogens is 256 g/mol. The molecule has 1 amide bonds. The number of carbonyl (C=O) groups is 1. The van der Waals surface area contributed by atoms with Crippen LogP contribution in [0.3, 0.4) is 0 Å². The number of hydrogen-bond donors (Lipinski definition) is 2. The number of rotatable bonds is 7. The number of aliphatic hydroxyl groups excluding tert-OH is 1. The molecule has 0 saturated carbocycles. The number of carbonyl (C=O) groups excluding carboxylic acids is 1. The Bertz CT molecular complexity index is 435. The van der Waals surface area contributed by atoms with E-state index in [0.717, 1.165) is 5.56 Å². The highest BCUT2D eigenvalue weighted by molar-refractivity contribution is 5.77. The summed E-state index contributed by atoms with van der Waals surface area (Å²) in [7, 11) is 3.40. The number of nitrogens with one attached hydrogen (secondary N) is 1. The molecule has 1 aromatic carbocycles. The number of aliphatic hydroxyl groups is 1. The van der Waals surface area contributed by atoms with Gasteiger partial charge in [-0.15, -0.1) is 0 Å². The molecule has 1 aromatic rings. The molecule has 1 rings (SSSR count). The van der Waals surface area contributed by atoms with E-state index in [-0.39, 0.29) is 31.2 Å². The summed E-state index contributed by atoms with van der Waals surface area (Å²) in [5.41, 5.74) is 1.06. The molecule has 5 nitrogen and oxygen atoms in total. The summed E-state index contributed by atoms with van der Waals surface area (Å²) in [5, 5.41) is 12.3. The second-order valence-corrected chi connectivity index (χ2v) is 5.12. The van der Waals surface area contributed by atoms with Gasteiger partial charge in [-0.3, -0.25) is 4.79 Å². The maximum atomic E-state index is 11.5. The number of likely N-dealkylation sites (N-methyl/N-ethyl adjacent to an activating group) is 1. The normalized spacial score (nSPS) is 13.7. The molecule has 1 unspecified atom stereocenters. The van der Waals surface area contributed by atoms with E-state index in [1.165, 1.54) is 4.90 Å². The Morgan fingerprint density at radius 3 is 2.70 bits per heavy atom. The molecule has 2 N–H and O–H groups in total. The van der Waals surface area contributed by atoms with E-state index in [0.29, 0.717) is 5.75 Å². The van der Waals surface area contributed by atoms with Crippen molar-refractivity contribution in [2.45, 2.75) is 25.9 Å². The molecule has 0 aliphatic heterocycles. The first-order valence-electron chi connectivity index (χ1n) is 6.74. The van der Waals surface area contributed by atoms with Crippen LogP contribution in [0.15, 0.2) is 24.3 Å². The Morgan fingerprint density at radius 2 is 2.10 bits per heavy atom. The summed E-state index contributed by atoms with van der Waals surface area (Å²) in [6, 6.07) is 7.75. The Hall–Kier alpha value is -1.59. The van der Waals surface area contributed by atoms with Crippen LogP contribution in [0.25, 0.3) is 0 Å². The highest BCUT2D eigenvalue weighted by atomic mass is 16.5. The van der Waals surface area contributed by atoms with Crippen LogP contribution >= 0.6 is 0 Å². The van der Waals surface area contributed by atoms with Crippen LogP contribution in [0.4, 0.5) is 0 Å². The minimum Gasteiger partial charge on any atom is -0.484 e. The third kappa shape index (κ3) is 5.19. The SMILES string of the molecule is CC(N[C@H](C)CO)c1cccc(OCC(=O)N(C)C)c1. The number of amides is 1. The molecule has 0 fully saturated rings. The molecular formula is C15H24N2O3. The van der Waals surface area contributed by atoms with Crippen molar-refractivity contribution in [1.82, 2.24) is 10.2 Å². The smallest absolute Gasteiger partial charge is 0.259 e. The van der Waals surface area contributed by atoms with Crippen LogP contribution < -0.4 is 10.1 Å². The first-order chi connectivity index (χ1) is 9.43. The minimum atomic E-state index is -0.0736. The van der Waals surface area contributed by atoms with Crippen molar-refractivity contribution in [2.75, 3.05) is 27.3 Å². The van der Waals surface area contributed by atoms with E-state index in [2.05, 4.69) is 5.32 Å². The zero-order chi connectivity index (χ0) is 15.1. The van der Waals surface area contributed by atoms with Crippen LogP contribution in [0.2, 0.25) is 0 Å². The second-order valence-electron chi connectivity index (χ2n) is 5.12. The van der Waals surface area contributed by atoms with Crippen LogP contribution in [0.1, 0.15) is 25.5 Å². The van der Waals surface area contributed by atoms with Crippen LogP contribution in [-0.4, -0.2) is 49.3 Å². The van der Waals surface area contributed by atoms with Crippen LogP contribution in [0.5, 0.6) is 5.75 Å². The highest BCUT2D eigenvalue weighted by Gasteiger charge is 2.10. The van der Waals surface area contributed by atoms with Gasteiger partial charge in [-0.05, 0) is 31.5 Å². The van der Waals surface area contributed by atoms with Crippen molar-refractivity contribution in [2.24, 2.45) is 0 Å². The van der Waals surface area contributed by atoms with Crippen molar-refractivity contribution in [3.63, 3.8) is 0 Å². The lowest BCUT2D eigenvalue weighted by Gasteiger charge is -2.19. The van der Waals surface area contributed by atoms with Gasteiger partial charge < -0.3 is 20.1 Å². The Morgan fingerprint density at radius 1 is 1.40 bits per heavy atom. The highest BCUT2D eigenvalue weighted by Crippen LogP contribution is 2.19. The van der Waals surface area contributed by atoms with Gasteiger partial charge >= 0.3 is 0 Å². The van der Waals surface area contributed by atoms with E-state index in [4.69, 9.17) is 9.84 Å². The standard InChI is InChI=1S/C15H24N2O3/c1-11(9-18)16-12(2)13-6-5-7-14(8-13)20-10-15(19)17(3)4/h5-8,11-12,16,18H,9-10H2,1-4H3/t11-,12?/m1/s1. The van der Waals surface area contributed by atoms with Gasteiger partial charge in [-0.2, -0.15) is 0 Å². The zero-order valence-corrected chi connectivity index (χ0v) is 12.6. The molecule has 0 heterocycles. The van der Waals surface area contributed by atoms with Gasteiger partial charge in [0.25, 0.3) is 5.91 Å². The van der Waals surface area contributed by atoms with E-state index in [1.54, 1.807) is 14.1 Å². The first-order valence-corrected chi connectivity index (χ1v) is 6.74. The fourth-order valence-electron chi connectivity index (χ4n) is 1.72. The summed E-state index contributed by atoms with van der Waals surface area (Å²) in [4.78, 5) is 13.0. The molecule has 0 bridgehead atoms. The quantitative estimate of drug-likeness (QED) is 0.787. The van der Waals surface area contributed by atoms with Gasteiger partial charge in [0.2, 0.25) is 0 Å². The lowest BCUT2D eigenvalue weighted by Crippen LogP contribution is -2.31. The van der Waals surface area contributed by atoms with Crippen molar-refractivity contribution >= 4 is 5.91 Å². The summed E-state index contributed by atoms with van der Waals surface area (Å²) in [6.07, 6.45) is 0. The third-order valence-corrected chi connectivity index (χ3v) is 3.03. The molecule has 0 saturated heterocycles. The Labute approximate surface area is 120 Å². The van der Waals surface area contributed by atoms with Crippen LogP contribution in [0, 0.1) is 0 Å². The molecule has 112 valence electrons. The van der Waals surface area contributed by atoms with Gasteiger partial charge in [-0.1, -0.05) is 12.1 Å². The minimum absolute atomic E-state index is 0.0323. The monoisotopic (exact) mass is 280 g/mol. The summed E-state index contributed by atoms with van der Waals surface area (Å²) >= 11 is 0. The van der Waals surface area contributed by atoms with Gasteiger partial charge in [0.1, 0.15) is 5.75 Å². The summed E-state index contributed by atoms with van der Waals surface area (Å²) in [5.74, 6) is 0.596. The fourth-order valence-corrected chi connectivity index (χ4v) is 1.72. The Kier molecular flexibility index (Phi) is 6.48. The van der Waals surface area contributed by atoms with Crippen molar-refractivity contribution in [3.05, 3.63) is 29.8 Å². The largest absolute Gasteiger partial charge is 0.484 e. The van der Waals surface area contributed by atoms with Gasteiger partial charge in [0, 0.05) is 26.2 Å². The number of nitrogens with zero attached hydrogens (tertiary/aromatic N) is 1. The predicted molar refractivity (Wildman–Crippen MR) is 78.7 cm³/mol. The van der Waals surface area contributed by atoms with Crippen molar-refractivity contribution in [3.8, 4) is 5.75 Å². The number of ether oxygens (including phenoxy) is 1. The van der Waals surface area contributed by atoms with Crippen molar-refractivity contribution < 1.29 is 14.6 Å². The zero-order valence-electron chi connectivity index (χ0n) is 12.6. The number of benzene rings is 1. The van der Waals surface area contributed by atoms with E-state index in [1.807, 2.05) is 38.1 Å². The molecule has 0 aromatic heterocycles. The average Bonchev–Trinajstić information content (AvgIpc) is 2.44. The molecule has 5 heteroatoms. The summed E-state index contributed by atoms with van der Waals surface area (Å²) in [6.45, 7) is 4.08. The molecule has 0 aliphatic carbocycles. The lowest BCUT2D eigenvalue weighted by atomic mass is 10.1. The third-order valence-electron chi connectivity index (χ3n) is 3.03. The van der Waals surface area contributed by atoms with E-state index < -0.39 is 0 Å². The van der Waals surface area contributed by atoms with E-state index in [9.17, 15) is 4.79 Å². The van der Waals surface area contributed by atoms with Gasteiger partial charge in [0.15, 0.2) is 6.61 Å².